The maximum atomic E-state index is 12.5. The summed E-state index contributed by atoms with van der Waals surface area (Å²) in [4.78, 5) is 29.0. The van der Waals surface area contributed by atoms with Gasteiger partial charge in [0.1, 0.15) is 0 Å². The molecule has 1 saturated carbocycles. The third-order valence-corrected chi connectivity index (χ3v) is 5.76. The minimum Gasteiger partial charge on any atom is -0.380 e. The fourth-order valence-corrected chi connectivity index (χ4v) is 4.14. The number of carbonyl (C=O) groups excluding carboxylic acids is 2. The summed E-state index contributed by atoms with van der Waals surface area (Å²) in [5, 5.41) is 8.27. The van der Waals surface area contributed by atoms with Crippen LogP contribution in [0.1, 0.15) is 65.2 Å². The number of rotatable bonds is 11. The van der Waals surface area contributed by atoms with E-state index < -0.39 is 0 Å². The van der Waals surface area contributed by atoms with Gasteiger partial charge in [-0.25, -0.2) is 4.98 Å². The molecule has 7 heteroatoms. The molecule has 0 radical (unpaired) electrons. The van der Waals surface area contributed by atoms with Crippen LogP contribution in [0.3, 0.4) is 0 Å². The predicted molar refractivity (Wildman–Crippen MR) is 109 cm³/mol. The van der Waals surface area contributed by atoms with E-state index in [2.05, 4.69) is 29.5 Å². The second kappa shape index (κ2) is 11.4. The summed E-state index contributed by atoms with van der Waals surface area (Å²) in [7, 11) is 0. The van der Waals surface area contributed by atoms with E-state index in [1.165, 1.54) is 17.8 Å². The van der Waals surface area contributed by atoms with E-state index in [1.807, 2.05) is 5.38 Å². The highest BCUT2D eigenvalue weighted by Gasteiger charge is 2.36. The quantitative estimate of drug-likeness (QED) is 0.555. The summed E-state index contributed by atoms with van der Waals surface area (Å²) < 4.78 is 5.55. The molecular weight excluding hydrogens is 362 g/mol. The van der Waals surface area contributed by atoms with E-state index in [4.69, 9.17) is 4.74 Å². The number of hydrogen-bond donors (Lipinski definition) is 2. The van der Waals surface area contributed by atoms with Gasteiger partial charge in [-0.3, -0.25) is 9.59 Å². The largest absolute Gasteiger partial charge is 0.380 e. The number of carbonyl (C=O) groups is 2. The molecule has 0 aromatic carbocycles. The van der Waals surface area contributed by atoms with Crippen LogP contribution in [0.15, 0.2) is 11.6 Å². The van der Waals surface area contributed by atoms with Crippen molar-refractivity contribution in [2.45, 2.75) is 65.2 Å². The Morgan fingerprint density at radius 2 is 1.93 bits per heavy atom. The zero-order chi connectivity index (χ0) is 19.5. The molecule has 0 spiro atoms. The van der Waals surface area contributed by atoms with Gasteiger partial charge in [-0.15, -0.1) is 11.3 Å². The lowest BCUT2D eigenvalue weighted by Gasteiger charge is -2.36. The van der Waals surface area contributed by atoms with E-state index in [1.54, 1.807) is 6.20 Å². The molecule has 0 atom stereocenters. The molecule has 2 amide bonds. The van der Waals surface area contributed by atoms with Gasteiger partial charge in [-0.1, -0.05) is 33.1 Å². The molecule has 0 unspecified atom stereocenters. The fourth-order valence-electron chi connectivity index (χ4n) is 3.59. The number of nitrogens with zero attached hydrogens (tertiary/aromatic N) is 1. The van der Waals surface area contributed by atoms with E-state index >= 15 is 0 Å². The molecule has 1 aromatic rings. The van der Waals surface area contributed by atoms with Gasteiger partial charge < -0.3 is 15.4 Å². The molecule has 2 N–H and O–H groups in total. The first kappa shape index (κ1) is 21.8. The van der Waals surface area contributed by atoms with Crippen molar-refractivity contribution in [2.24, 2.45) is 11.3 Å². The first-order chi connectivity index (χ1) is 13.0. The molecular formula is C20H33N3O3S. The summed E-state index contributed by atoms with van der Waals surface area (Å²) >= 11 is 1.41. The van der Waals surface area contributed by atoms with Crippen molar-refractivity contribution in [1.82, 2.24) is 10.3 Å². The molecule has 152 valence electrons. The zero-order valence-corrected chi connectivity index (χ0v) is 17.4. The summed E-state index contributed by atoms with van der Waals surface area (Å²) in [6.07, 6.45) is 8.69. The Kier molecular flexibility index (Phi) is 9.21. The maximum Gasteiger partial charge on any atom is 0.226 e. The Balaban J connectivity index is 1.77. The van der Waals surface area contributed by atoms with Crippen LogP contribution in [-0.2, 0) is 14.3 Å². The van der Waals surface area contributed by atoms with Crippen molar-refractivity contribution in [3.63, 3.8) is 0 Å². The molecule has 1 fully saturated rings. The van der Waals surface area contributed by atoms with E-state index in [0.29, 0.717) is 37.0 Å². The van der Waals surface area contributed by atoms with Crippen LogP contribution in [0, 0.1) is 11.3 Å². The highest BCUT2D eigenvalue weighted by atomic mass is 32.1. The average molecular weight is 396 g/mol. The van der Waals surface area contributed by atoms with Crippen molar-refractivity contribution in [1.29, 1.82) is 0 Å². The topological polar surface area (TPSA) is 80.3 Å². The van der Waals surface area contributed by atoms with Gasteiger partial charge in [0.15, 0.2) is 5.13 Å². The minimum absolute atomic E-state index is 0.0198. The smallest absolute Gasteiger partial charge is 0.226 e. The molecule has 0 aliphatic heterocycles. The summed E-state index contributed by atoms with van der Waals surface area (Å²) in [5.41, 5.74) is -0.234. The Morgan fingerprint density at radius 3 is 2.59 bits per heavy atom. The van der Waals surface area contributed by atoms with Crippen molar-refractivity contribution < 1.29 is 14.3 Å². The van der Waals surface area contributed by atoms with Crippen molar-refractivity contribution >= 4 is 28.3 Å². The number of amides is 2. The number of ether oxygens (including phenoxy) is 1. The van der Waals surface area contributed by atoms with Gasteiger partial charge in [0.05, 0.1) is 6.61 Å². The van der Waals surface area contributed by atoms with Gasteiger partial charge in [-0.2, -0.15) is 0 Å². The molecule has 1 aromatic heterocycles. The molecule has 0 saturated heterocycles. The Morgan fingerprint density at radius 1 is 1.19 bits per heavy atom. The summed E-state index contributed by atoms with van der Waals surface area (Å²) in [5.74, 6) is 0.601. The Labute approximate surface area is 166 Å². The van der Waals surface area contributed by atoms with E-state index in [0.717, 1.165) is 38.7 Å². The number of anilines is 1. The second-order valence-electron chi connectivity index (χ2n) is 7.94. The van der Waals surface area contributed by atoms with Gasteiger partial charge in [0, 0.05) is 37.6 Å². The Bertz CT molecular complexity index is 569. The second-order valence-corrected chi connectivity index (χ2v) is 8.84. The molecule has 1 aliphatic rings. The van der Waals surface area contributed by atoms with Crippen molar-refractivity contribution in [3.05, 3.63) is 11.6 Å². The SMILES string of the molecule is CC(C)CCOCCNC(=O)CC1(CC(=O)Nc2nccs2)CCCCC1. The molecule has 1 aliphatic carbocycles. The molecule has 2 rings (SSSR count). The first-order valence-corrected chi connectivity index (χ1v) is 10.9. The summed E-state index contributed by atoms with van der Waals surface area (Å²) in [6, 6.07) is 0. The maximum absolute atomic E-state index is 12.5. The lowest BCUT2D eigenvalue weighted by molar-refractivity contribution is -0.126. The number of hydrogen-bond acceptors (Lipinski definition) is 5. The number of aromatic nitrogens is 1. The molecule has 0 bridgehead atoms. The van der Waals surface area contributed by atoms with Crippen LogP contribution < -0.4 is 10.6 Å². The van der Waals surface area contributed by atoms with Crippen LogP contribution in [0.4, 0.5) is 5.13 Å². The molecule has 6 nitrogen and oxygen atoms in total. The molecule has 27 heavy (non-hydrogen) atoms. The third-order valence-electron chi connectivity index (χ3n) is 5.07. The van der Waals surface area contributed by atoms with E-state index in [-0.39, 0.29) is 17.2 Å². The standard InChI is InChI=1S/C20H33N3O3S/c1-16(2)6-11-26-12-9-21-17(24)14-20(7-4-3-5-8-20)15-18(25)23-19-22-10-13-27-19/h10,13,16H,3-9,11-12,14-15H2,1-2H3,(H,21,24)(H,22,23,25). The predicted octanol–water partition coefficient (Wildman–Crippen LogP) is 3.99. The first-order valence-electron chi connectivity index (χ1n) is 10.0. The van der Waals surface area contributed by atoms with Gasteiger partial charge in [0.2, 0.25) is 11.8 Å². The number of thiazole rings is 1. The van der Waals surface area contributed by atoms with Gasteiger partial charge in [0.25, 0.3) is 0 Å². The third kappa shape index (κ3) is 8.39. The normalized spacial score (nSPS) is 16.3. The van der Waals surface area contributed by atoms with Crippen molar-refractivity contribution in [2.75, 3.05) is 25.1 Å². The fraction of sp³-hybridized carbons (Fsp3) is 0.750. The zero-order valence-electron chi connectivity index (χ0n) is 16.6. The van der Waals surface area contributed by atoms with Crippen LogP contribution in [-0.4, -0.2) is 36.6 Å². The monoisotopic (exact) mass is 395 g/mol. The Hall–Kier alpha value is -1.47. The van der Waals surface area contributed by atoms with Crippen LogP contribution >= 0.6 is 11.3 Å². The van der Waals surface area contributed by atoms with Crippen LogP contribution in [0.5, 0.6) is 0 Å². The lowest BCUT2D eigenvalue weighted by Crippen LogP contribution is -2.37. The van der Waals surface area contributed by atoms with E-state index in [9.17, 15) is 9.59 Å². The lowest BCUT2D eigenvalue weighted by atomic mass is 9.69. The molecule has 1 heterocycles. The van der Waals surface area contributed by atoms with Crippen molar-refractivity contribution in [3.8, 4) is 0 Å². The van der Waals surface area contributed by atoms with Gasteiger partial charge in [-0.05, 0) is 30.6 Å². The minimum atomic E-state index is -0.234. The summed E-state index contributed by atoms with van der Waals surface area (Å²) in [6.45, 7) is 6.13. The average Bonchev–Trinajstić information content (AvgIpc) is 3.11. The van der Waals surface area contributed by atoms with Crippen LogP contribution in [0.25, 0.3) is 0 Å². The van der Waals surface area contributed by atoms with Gasteiger partial charge >= 0.3 is 0 Å². The number of nitrogens with one attached hydrogen (secondary N) is 2. The van der Waals surface area contributed by atoms with Crippen LogP contribution in [0.2, 0.25) is 0 Å². The highest BCUT2D eigenvalue weighted by molar-refractivity contribution is 7.13. The highest BCUT2D eigenvalue weighted by Crippen LogP contribution is 2.42.